The van der Waals surface area contributed by atoms with Gasteiger partial charge in [-0.2, -0.15) is 0 Å². The van der Waals surface area contributed by atoms with Gasteiger partial charge in [-0.05, 0) is 19.9 Å². The number of fused-ring (bicyclic) bond motifs is 1. The smallest absolute Gasteiger partial charge is 0.352 e. The maximum absolute atomic E-state index is 11.7. The normalized spacial score (nSPS) is 10.9. The van der Waals surface area contributed by atoms with Crippen LogP contribution in [0.3, 0.4) is 0 Å². The summed E-state index contributed by atoms with van der Waals surface area (Å²) in [5.41, 5.74) is 0. The molecule has 2 heterocycles. The van der Waals surface area contributed by atoms with Gasteiger partial charge in [0.05, 0.1) is 10.8 Å². The lowest BCUT2D eigenvalue weighted by Crippen LogP contribution is -2.10. The topological polar surface area (TPSA) is 59.4 Å². The van der Waals surface area contributed by atoms with Crippen molar-refractivity contribution in [1.82, 2.24) is 4.98 Å². The molecule has 0 unspecified atom stereocenters. The van der Waals surface area contributed by atoms with Gasteiger partial charge in [-0.25, -0.2) is 4.79 Å². The zero-order valence-electron chi connectivity index (χ0n) is 8.93. The number of nitrogens with zero attached hydrogens (tertiary/aromatic N) is 1. The monoisotopic (exact) mass is 237 g/mol. The third-order valence-electron chi connectivity index (χ3n) is 1.99. The van der Waals surface area contributed by atoms with Crippen molar-refractivity contribution in [3.8, 4) is 5.75 Å². The Hall–Kier alpha value is -1.62. The number of hydrogen-bond acceptors (Lipinski definition) is 5. The van der Waals surface area contributed by atoms with Crippen molar-refractivity contribution in [2.75, 3.05) is 0 Å². The Bertz CT molecular complexity index is 533. The molecular formula is C11H11NO3S. The maximum atomic E-state index is 11.7. The van der Waals surface area contributed by atoms with Gasteiger partial charge in [0.15, 0.2) is 4.88 Å². The van der Waals surface area contributed by atoms with Gasteiger partial charge in [0.2, 0.25) is 0 Å². The summed E-state index contributed by atoms with van der Waals surface area (Å²) in [6, 6.07) is 1.67. The predicted octanol–water partition coefficient (Wildman–Crippen LogP) is 2.57. The van der Waals surface area contributed by atoms with Gasteiger partial charge < -0.3 is 9.84 Å². The molecule has 84 valence electrons. The Morgan fingerprint density at radius 2 is 2.31 bits per heavy atom. The van der Waals surface area contributed by atoms with E-state index in [1.807, 2.05) is 0 Å². The Balaban J connectivity index is 2.45. The molecule has 2 aromatic heterocycles. The van der Waals surface area contributed by atoms with E-state index in [2.05, 4.69) is 4.98 Å². The van der Waals surface area contributed by atoms with Crippen molar-refractivity contribution < 1.29 is 14.6 Å². The fourth-order valence-electron chi connectivity index (χ4n) is 1.34. The molecule has 0 radical (unpaired) electrons. The van der Waals surface area contributed by atoms with Crippen LogP contribution in [0.4, 0.5) is 0 Å². The Labute approximate surface area is 96.5 Å². The molecule has 0 spiro atoms. The maximum Gasteiger partial charge on any atom is 0.352 e. The Morgan fingerprint density at radius 3 is 2.94 bits per heavy atom. The van der Waals surface area contributed by atoms with Crippen LogP contribution in [0.2, 0.25) is 0 Å². The molecule has 0 atom stereocenters. The minimum atomic E-state index is -0.492. The molecule has 0 fully saturated rings. The summed E-state index contributed by atoms with van der Waals surface area (Å²) < 4.78 is 5.81. The number of carbonyl (C=O) groups is 1. The number of hydrogen-bond donors (Lipinski definition) is 1. The van der Waals surface area contributed by atoms with E-state index in [9.17, 15) is 9.90 Å². The molecule has 0 saturated carbocycles. The van der Waals surface area contributed by atoms with Gasteiger partial charge in [-0.15, -0.1) is 11.3 Å². The van der Waals surface area contributed by atoms with Crippen LogP contribution in [-0.4, -0.2) is 22.2 Å². The Kier molecular flexibility index (Phi) is 2.78. The molecule has 2 rings (SSSR count). The zero-order valence-corrected chi connectivity index (χ0v) is 9.75. The molecule has 0 amide bonds. The quantitative estimate of drug-likeness (QED) is 0.815. The van der Waals surface area contributed by atoms with Crippen molar-refractivity contribution in [3.63, 3.8) is 0 Å². The summed E-state index contributed by atoms with van der Waals surface area (Å²) in [5.74, 6) is -0.512. The lowest BCUT2D eigenvalue weighted by molar-refractivity contribution is 0.0381. The number of ether oxygens (including phenoxy) is 1. The lowest BCUT2D eigenvalue weighted by Gasteiger charge is -2.05. The summed E-state index contributed by atoms with van der Waals surface area (Å²) in [4.78, 5) is 15.8. The fourth-order valence-corrected chi connectivity index (χ4v) is 2.29. The molecule has 0 aliphatic rings. The number of thiophene rings is 1. The average Bonchev–Trinajstić information content (AvgIpc) is 2.56. The standard InChI is InChI=1S/C11H11NO3S/c1-6(2)15-11(14)10-9(13)7-3-4-12-5-8(7)16-10/h3-6,13H,1-2H3. The highest BCUT2D eigenvalue weighted by Crippen LogP contribution is 2.36. The molecule has 5 heteroatoms. The largest absolute Gasteiger partial charge is 0.505 e. The van der Waals surface area contributed by atoms with E-state index in [-0.39, 0.29) is 16.7 Å². The summed E-state index contributed by atoms with van der Waals surface area (Å²) in [7, 11) is 0. The van der Waals surface area contributed by atoms with Crippen LogP contribution >= 0.6 is 11.3 Å². The van der Waals surface area contributed by atoms with Gasteiger partial charge in [0.25, 0.3) is 0 Å². The second kappa shape index (κ2) is 4.09. The highest BCUT2D eigenvalue weighted by molar-refractivity contribution is 7.21. The van der Waals surface area contributed by atoms with Crippen molar-refractivity contribution in [1.29, 1.82) is 0 Å². The Morgan fingerprint density at radius 1 is 1.56 bits per heavy atom. The first-order chi connectivity index (χ1) is 7.59. The van der Waals surface area contributed by atoms with Crippen LogP contribution in [0.1, 0.15) is 23.5 Å². The van der Waals surface area contributed by atoms with Crippen molar-refractivity contribution in [2.24, 2.45) is 0 Å². The second-order valence-electron chi connectivity index (χ2n) is 3.61. The van der Waals surface area contributed by atoms with Gasteiger partial charge in [0, 0.05) is 17.8 Å². The van der Waals surface area contributed by atoms with E-state index in [4.69, 9.17) is 4.74 Å². The summed E-state index contributed by atoms with van der Waals surface area (Å²) in [6.45, 7) is 3.54. The first-order valence-corrected chi connectivity index (χ1v) is 5.67. The van der Waals surface area contributed by atoms with E-state index in [1.165, 1.54) is 11.3 Å². The fraction of sp³-hybridized carbons (Fsp3) is 0.273. The minimum absolute atomic E-state index is 0.0203. The number of aromatic nitrogens is 1. The lowest BCUT2D eigenvalue weighted by atomic mass is 10.3. The van der Waals surface area contributed by atoms with Crippen LogP contribution in [0, 0.1) is 0 Å². The molecule has 1 N–H and O–H groups in total. The average molecular weight is 237 g/mol. The number of rotatable bonds is 2. The van der Waals surface area contributed by atoms with Crippen LogP contribution in [0.15, 0.2) is 18.5 Å². The summed E-state index contributed by atoms with van der Waals surface area (Å²) >= 11 is 1.19. The third kappa shape index (κ3) is 1.86. The molecule has 0 bridgehead atoms. The molecule has 0 aliphatic heterocycles. The van der Waals surface area contributed by atoms with Gasteiger partial charge >= 0.3 is 5.97 Å². The molecule has 0 aliphatic carbocycles. The number of esters is 1. The SMILES string of the molecule is CC(C)OC(=O)c1sc2cnccc2c1O. The van der Waals surface area contributed by atoms with E-state index >= 15 is 0 Å². The number of aromatic hydroxyl groups is 1. The van der Waals surface area contributed by atoms with Gasteiger partial charge in [0.1, 0.15) is 5.75 Å². The predicted molar refractivity (Wildman–Crippen MR) is 61.8 cm³/mol. The van der Waals surface area contributed by atoms with Gasteiger partial charge in [-0.3, -0.25) is 4.98 Å². The van der Waals surface area contributed by atoms with Crippen molar-refractivity contribution >= 4 is 27.4 Å². The van der Waals surface area contributed by atoms with E-state index in [0.29, 0.717) is 5.39 Å². The highest BCUT2D eigenvalue weighted by atomic mass is 32.1. The first kappa shape index (κ1) is 10.9. The number of pyridine rings is 1. The third-order valence-corrected chi connectivity index (χ3v) is 3.10. The summed E-state index contributed by atoms with van der Waals surface area (Å²) in [5, 5.41) is 10.5. The molecule has 16 heavy (non-hydrogen) atoms. The molecular weight excluding hydrogens is 226 g/mol. The van der Waals surface area contributed by atoms with Gasteiger partial charge in [-0.1, -0.05) is 0 Å². The first-order valence-electron chi connectivity index (χ1n) is 4.86. The minimum Gasteiger partial charge on any atom is -0.505 e. The summed E-state index contributed by atoms with van der Waals surface area (Å²) in [6.07, 6.45) is 2.99. The second-order valence-corrected chi connectivity index (χ2v) is 4.66. The van der Waals surface area contributed by atoms with Crippen LogP contribution < -0.4 is 0 Å². The molecule has 2 aromatic rings. The number of carbonyl (C=O) groups excluding carboxylic acids is 1. The highest BCUT2D eigenvalue weighted by Gasteiger charge is 2.19. The molecule has 0 saturated heterocycles. The van der Waals surface area contributed by atoms with E-state index < -0.39 is 5.97 Å². The molecule has 0 aromatic carbocycles. The van der Waals surface area contributed by atoms with Crippen molar-refractivity contribution in [2.45, 2.75) is 20.0 Å². The van der Waals surface area contributed by atoms with E-state index in [0.717, 1.165) is 4.70 Å². The zero-order chi connectivity index (χ0) is 11.7. The van der Waals surface area contributed by atoms with Crippen LogP contribution in [-0.2, 0) is 4.74 Å². The van der Waals surface area contributed by atoms with Crippen molar-refractivity contribution in [3.05, 3.63) is 23.3 Å². The van der Waals surface area contributed by atoms with Crippen LogP contribution in [0.5, 0.6) is 5.75 Å². The molecule has 4 nitrogen and oxygen atoms in total. The van der Waals surface area contributed by atoms with Crippen LogP contribution in [0.25, 0.3) is 10.1 Å². The van der Waals surface area contributed by atoms with E-state index in [1.54, 1.807) is 32.3 Å².